The van der Waals surface area contributed by atoms with E-state index < -0.39 is 10.0 Å². The summed E-state index contributed by atoms with van der Waals surface area (Å²) in [5.74, 6) is 0.588. The van der Waals surface area contributed by atoms with Gasteiger partial charge in [0, 0.05) is 25.4 Å². The SMILES string of the molecule is O=C(COc1ccc(S(=O)(=O)N2CCCCC2)cc1Cl)NCCSc1ncn[nH]1. The minimum Gasteiger partial charge on any atom is -0.482 e. The number of benzene rings is 1. The van der Waals surface area contributed by atoms with Crippen molar-refractivity contribution in [2.75, 3.05) is 32.0 Å². The van der Waals surface area contributed by atoms with Gasteiger partial charge in [0.2, 0.25) is 10.0 Å². The van der Waals surface area contributed by atoms with E-state index in [0.717, 1.165) is 19.3 Å². The molecule has 2 N–H and O–H groups in total. The average Bonchev–Trinajstić information content (AvgIpc) is 3.24. The van der Waals surface area contributed by atoms with Crippen LogP contribution >= 0.6 is 23.4 Å². The Morgan fingerprint density at radius 1 is 1.31 bits per heavy atom. The number of hydrogen-bond donors (Lipinski definition) is 2. The fourth-order valence-electron chi connectivity index (χ4n) is 2.81. The van der Waals surface area contributed by atoms with Crippen LogP contribution in [0.1, 0.15) is 19.3 Å². The van der Waals surface area contributed by atoms with Crippen molar-refractivity contribution in [3.8, 4) is 5.75 Å². The molecule has 1 aromatic carbocycles. The number of carbonyl (C=O) groups is 1. The summed E-state index contributed by atoms with van der Waals surface area (Å²) < 4.78 is 32.3. The normalized spacial score (nSPS) is 15.2. The number of amides is 1. The standard InChI is InChI=1S/C17H22ClN5O4S2/c18-14-10-13(29(25,26)23-7-2-1-3-8-23)4-5-15(14)27-11-16(24)19-6-9-28-17-20-12-21-22-17/h4-5,10,12H,1-3,6-9,11H2,(H,19,24)(H,20,21,22). The maximum Gasteiger partial charge on any atom is 0.257 e. The van der Waals surface area contributed by atoms with Crippen LogP contribution < -0.4 is 10.1 Å². The van der Waals surface area contributed by atoms with Crippen molar-refractivity contribution in [1.82, 2.24) is 24.8 Å². The molecule has 0 atom stereocenters. The molecule has 0 aliphatic carbocycles. The number of sulfonamides is 1. The lowest BCUT2D eigenvalue weighted by Gasteiger charge is -2.26. The number of aromatic nitrogens is 3. The summed E-state index contributed by atoms with van der Waals surface area (Å²) in [7, 11) is -3.57. The van der Waals surface area contributed by atoms with Gasteiger partial charge >= 0.3 is 0 Å². The molecule has 1 fully saturated rings. The zero-order valence-electron chi connectivity index (χ0n) is 15.6. The highest BCUT2D eigenvalue weighted by Crippen LogP contribution is 2.29. The van der Waals surface area contributed by atoms with Gasteiger partial charge in [-0.25, -0.2) is 13.4 Å². The molecule has 0 radical (unpaired) electrons. The third-order valence-electron chi connectivity index (χ3n) is 4.27. The summed E-state index contributed by atoms with van der Waals surface area (Å²) in [5, 5.41) is 10.0. The van der Waals surface area contributed by atoms with E-state index in [0.29, 0.717) is 30.5 Å². The second-order valence-electron chi connectivity index (χ2n) is 6.33. The highest BCUT2D eigenvalue weighted by molar-refractivity contribution is 7.99. The lowest BCUT2D eigenvalue weighted by molar-refractivity contribution is -0.122. The number of aromatic amines is 1. The van der Waals surface area contributed by atoms with Crippen molar-refractivity contribution in [2.24, 2.45) is 0 Å². The number of hydrogen-bond acceptors (Lipinski definition) is 7. The zero-order chi connectivity index (χ0) is 20.7. The molecule has 12 heteroatoms. The predicted octanol–water partition coefficient (Wildman–Crippen LogP) is 1.92. The highest BCUT2D eigenvalue weighted by Gasteiger charge is 2.26. The van der Waals surface area contributed by atoms with Crippen LogP contribution in [0.3, 0.4) is 0 Å². The number of thioether (sulfide) groups is 1. The van der Waals surface area contributed by atoms with Crippen LogP contribution in [-0.2, 0) is 14.8 Å². The molecule has 0 saturated carbocycles. The molecular formula is C17H22ClN5O4S2. The molecular weight excluding hydrogens is 438 g/mol. The number of rotatable bonds is 9. The second kappa shape index (κ2) is 10.3. The van der Waals surface area contributed by atoms with Gasteiger partial charge in [-0.2, -0.15) is 9.40 Å². The minimum atomic E-state index is -3.57. The number of H-pyrrole nitrogens is 1. The monoisotopic (exact) mass is 459 g/mol. The Balaban J connectivity index is 1.48. The highest BCUT2D eigenvalue weighted by atomic mass is 35.5. The van der Waals surface area contributed by atoms with Gasteiger partial charge in [0.15, 0.2) is 11.8 Å². The Morgan fingerprint density at radius 3 is 2.79 bits per heavy atom. The largest absolute Gasteiger partial charge is 0.482 e. The van der Waals surface area contributed by atoms with E-state index in [-0.39, 0.29) is 28.2 Å². The van der Waals surface area contributed by atoms with Gasteiger partial charge in [-0.05, 0) is 31.0 Å². The van der Waals surface area contributed by atoms with E-state index in [1.165, 1.54) is 40.6 Å². The Hall–Kier alpha value is -1.82. The molecule has 2 heterocycles. The Labute approximate surface area is 178 Å². The van der Waals surface area contributed by atoms with E-state index in [1.54, 1.807) is 0 Å². The van der Waals surface area contributed by atoms with Gasteiger partial charge in [-0.1, -0.05) is 29.8 Å². The number of piperidine rings is 1. The summed E-state index contributed by atoms with van der Waals surface area (Å²) in [6.07, 6.45) is 4.18. The predicted molar refractivity (Wildman–Crippen MR) is 110 cm³/mol. The Morgan fingerprint density at radius 2 is 2.10 bits per heavy atom. The molecule has 1 aromatic heterocycles. The first kappa shape index (κ1) is 21.9. The fraction of sp³-hybridized carbons (Fsp3) is 0.471. The molecule has 1 saturated heterocycles. The first-order chi connectivity index (χ1) is 14.0. The number of ether oxygens (including phenoxy) is 1. The maximum atomic E-state index is 12.7. The molecule has 1 aliphatic rings. The summed E-state index contributed by atoms with van der Waals surface area (Å²) in [6.45, 7) is 1.26. The van der Waals surface area contributed by atoms with Crippen LogP contribution in [0.4, 0.5) is 0 Å². The number of nitrogens with one attached hydrogen (secondary N) is 2. The van der Waals surface area contributed by atoms with E-state index >= 15 is 0 Å². The van der Waals surface area contributed by atoms with Gasteiger partial charge in [0.1, 0.15) is 12.1 Å². The van der Waals surface area contributed by atoms with Crippen LogP contribution in [0.25, 0.3) is 0 Å². The van der Waals surface area contributed by atoms with Gasteiger partial charge in [-0.15, -0.1) is 0 Å². The topological polar surface area (TPSA) is 117 Å². The zero-order valence-corrected chi connectivity index (χ0v) is 18.0. The lowest BCUT2D eigenvalue weighted by Crippen LogP contribution is -2.35. The number of nitrogens with zero attached hydrogens (tertiary/aromatic N) is 3. The molecule has 158 valence electrons. The van der Waals surface area contributed by atoms with Crippen molar-refractivity contribution in [2.45, 2.75) is 29.3 Å². The van der Waals surface area contributed by atoms with Gasteiger partial charge in [-0.3, -0.25) is 9.89 Å². The summed E-state index contributed by atoms with van der Waals surface area (Å²) in [4.78, 5) is 16.0. The van der Waals surface area contributed by atoms with Crippen molar-refractivity contribution in [3.05, 3.63) is 29.5 Å². The van der Waals surface area contributed by atoms with Gasteiger partial charge in [0.05, 0.1) is 9.92 Å². The third-order valence-corrected chi connectivity index (χ3v) is 7.34. The molecule has 0 unspecified atom stereocenters. The smallest absolute Gasteiger partial charge is 0.257 e. The molecule has 0 spiro atoms. The second-order valence-corrected chi connectivity index (χ2v) is 9.76. The Bertz CT molecular complexity index is 918. The average molecular weight is 460 g/mol. The van der Waals surface area contributed by atoms with Crippen molar-refractivity contribution >= 4 is 39.3 Å². The molecule has 1 amide bonds. The molecule has 0 bridgehead atoms. The quantitative estimate of drug-likeness (QED) is 0.434. The van der Waals surface area contributed by atoms with Crippen LogP contribution in [0, 0.1) is 0 Å². The Kier molecular flexibility index (Phi) is 7.76. The third kappa shape index (κ3) is 6.08. The fourth-order valence-corrected chi connectivity index (χ4v) is 5.29. The molecule has 9 nitrogen and oxygen atoms in total. The maximum absolute atomic E-state index is 12.7. The first-order valence-electron chi connectivity index (χ1n) is 9.14. The van der Waals surface area contributed by atoms with Crippen LogP contribution in [0.15, 0.2) is 34.6 Å². The van der Waals surface area contributed by atoms with Gasteiger partial charge < -0.3 is 10.1 Å². The molecule has 29 heavy (non-hydrogen) atoms. The number of halogens is 1. The van der Waals surface area contributed by atoms with E-state index in [2.05, 4.69) is 20.5 Å². The first-order valence-corrected chi connectivity index (χ1v) is 11.9. The van der Waals surface area contributed by atoms with Gasteiger partial charge in [0.25, 0.3) is 5.91 Å². The van der Waals surface area contributed by atoms with Crippen molar-refractivity contribution in [1.29, 1.82) is 0 Å². The molecule has 2 aromatic rings. The van der Waals surface area contributed by atoms with E-state index in [4.69, 9.17) is 16.3 Å². The van der Waals surface area contributed by atoms with Crippen LogP contribution in [-0.4, -0.2) is 65.8 Å². The van der Waals surface area contributed by atoms with E-state index in [1.807, 2.05) is 0 Å². The lowest BCUT2D eigenvalue weighted by atomic mass is 10.2. The van der Waals surface area contributed by atoms with Crippen molar-refractivity contribution in [3.63, 3.8) is 0 Å². The molecule has 3 rings (SSSR count). The minimum absolute atomic E-state index is 0.130. The summed E-state index contributed by atoms with van der Waals surface area (Å²) >= 11 is 7.62. The molecule has 1 aliphatic heterocycles. The summed E-state index contributed by atoms with van der Waals surface area (Å²) in [5.41, 5.74) is 0. The summed E-state index contributed by atoms with van der Waals surface area (Å²) in [6, 6.07) is 4.30. The van der Waals surface area contributed by atoms with Crippen LogP contribution in [0.5, 0.6) is 5.75 Å². The van der Waals surface area contributed by atoms with E-state index in [9.17, 15) is 13.2 Å². The number of carbonyl (C=O) groups excluding carboxylic acids is 1. The van der Waals surface area contributed by atoms with Crippen molar-refractivity contribution < 1.29 is 17.9 Å². The van der Waals surface area contributed by atoms with Crippen LogP contribution in [0.2, 0.25) is 5.02 Å².